The standard InChI is InChI=1S/C22H24ClNO4/c1-3-28-19-11-10-15(14-16(19)20(25)27-2)24-21(26)22(12-6-7-13-22)17-8-4-5-9-18(17)23/h4-5,8-11,14H,3,6-7,12-13H2,1-2H3,(H,24,26). The Morgan fingerprint density at radius 1 is 1.14 bits per heavy atom. The van der Waals surface area contributed by atoms with Crippen molar-refractivity contribution in [3.05, 3.63) is 58.6 Å². The van der Waals surface area contributed by atoms with Gasteiger partial charge in [0.25, 0.3) is 0 Å². The molecule has 3 rings (SSSR count). The molecule has 148 valence electrons. The Hall–Kier alpha value is -2.53. The highest BCUT2D eigenvalue weighted by atomic mass is 35.5. The van der Waals surface area contributed by atoms with Crippen LogP contribution in [0.3, 0.4) is 0 Å². The number of ether oxygens (including phenoxy) is 2. The smallest absolute Gasteiger partial charge is 0.341 e. The van der Waals surface area contributed by atoms with Gasteiger partial charge in [-0.3, -0.25) is 4.79 Å². The van der Waals surface area contributed by atoms with E-state index in [1.54, 1.807) is 18.2 Å². The van der Waals surface area contributed by atoms with E-state index in [0.717, 1.165) is 31.2 Å². The molecule has 1 amide bonds. The molecular formula is C22H24ClNO4. The van der Waals surface area contributed by atoms with Gasteiger partial charge in [-0.1, -0.05) is 42.6 Å². The van der Waals surface area contributed by atoms with E-state index < -0.39 is 11.4 Å². The highest BCUT2D eigenvalue weighted by Crippen LogP contribution is 2.44. The van der Waals surface area contributed by atoms with Crippen molar-refractivity contribution in [2.24, 2.45) is 0 Å². The summed E-state index contributed by atoms with van der Waals surface area (Å²) in [6, 6.07) is 12.5. The molecule has 1 aliphatic carbocycles. The number of carbonyl (C=O) groups excluding carboxylic acids is 2. The maximum Gasteiger partial charge on any atom is 0.341 e. The first-order chi connectivity index (χ1) is 13.5. The largest absolute Gasteiger partial charge is 0.493 e. The van der Waals surface area contributed by atoms with E-state index in [0.29, 0.717) is 23.1 Å². The quantitative estimate of drug-likeness (QED) is 0.693. The van der Waals surface area contributed by atoms with Crippen molar-refractivity contribution in [3.8, 4) is 5.75 Å². The zero-order chi connectivity index (χ0) is 20.1. The van der Waals surface area contributed by atoms with E-state index in [2.05, 4.69) is 5.32 Å². The van der Waals surface area contributed by atoms with Crippen molar-refractivity contribution < 1.29 is 19.1 Å². The number of methoxy groups -OCH3 is 1. The molecule has 5 nitrogen and oxygen atoms in total. The summed E-state index contributed by atoms with van der Waals surface area (Å²) >= 11 is 6.42. The monoisotopic (exact) mass is 401 g/mol. The zero-order valence-corrected chi connectivity index (χ0v) is 16.8. The fourth-order valence-corrected chi connectivity index (χ4v) is 4.17. The predicted molar refractivity (Wildman–Crippen MR) is 109 cm³/mol. The van der Waals surface area contributed by atoms with Gasteiger partial charge < -0.3 is 14.8 Å². The lowest BCUT2D eigenvalue weighted by Crippen LogP contribution is -2.38. The Morgan fingerprint density at radius 2 is 1.86 bits per heavy atom. The summed E-state index contributed by atoms with van der Waals surface area (Å²) in [6.07, 6.45) is 3.41. The number of hydrogen-bond acceptors (Lipinski definition) is 4. The van der Waals surface area contributed by atoms with Gasteiger partial charge in [-0.05, 0) is 49.6 Å². The third kappa shape index (κ3) is 3.85. The number of esters is 1. The number of benzene rings is 2. The van der Waals surface area contributed by atoms with E-state index in [-0.39, 0.29) is 11.5 Å². The van der Waals surface area contributed by atoms with Gasteiger partial charge in [-0.15, -0.1) is 0 Å². The van der Waals surface area contributed by atoms with Crippen LogP contribution >= 0.6 is 11.6 Å². The maximum absolute atomic E-state index is 13.3. The molecule has 6 heteroatoms. The second-order valence-corrected chi connectivity index (χ2v) is 7.27. The number of hydrogen-bond donors (Lipinski definition) is 1. The molecule has 1 aliphatic rings. The lowest BCUT2D eigenvalue weighted by molar-refractivity contribution is -0.121. The summed E-state index contributed by atoms with van der Waals surface area (Å²) in [4.78, 5) is 25.4. The summed E-state index contributed by atoms with van der Waals surface area (Å²) in [5.74, 6) is -0.201. The first-order valence-corrected chi connectivity index (χ1v) is 9.81. The van der Waals surface area contributed by atoms with Gasteiger partial charge in [0.15, 0.2) is 0 Å². The Morgan fingerprint density at radius 3 is 2.50 bits per heavy atom. The molecule has 1 fully saturated rings. The Bertz CT molecular complexity index is 875. The minimum absolute atomic E-state index is 0.113. The lowest BCUT2D eigenvalue weighted by atomic mass is 9.78. The van der Waals surface area contributed by atoms with Crippen LogP contribution in [0.15, 0.2) is 42.5 Å². The van der Waals surface area contributed by atoms with Crippen LogP contribution in [0.1, 0.15) is 48.5 Å². The fraction of sp³-hybridized carbons (Fsp3) is 0.364. The van der Waals surface area contributed by atoms with Gasteiger partial charge in [-0.25, -0.2) is 4.79 Å². The van der Waals surface area contributed by atoms with Crippen molar-refractivity contribution in [1.29, 1.82) is 0 Å². The zero-order valence-electron chi connectivity index (χ0n) is 16.1. The van der Waals surface area contributed by atoms with Gasteiger partial charge in [0.1, 0.15) is 11.3 Å². The van der Waals surface area contributed by atoms with E-state index >= 15 is 0 Å². The number of anilines is 1. The third-order valence-electron chi connectivity index (χ3n) is 5.22. The minimum atomic E-state index is -0.664. The fourth-order valence-electron chi connectivity index (χ4n) is 3.86. The van der Waals surface area contributed by atoms with Crippen LogP contribution in [0.4, 0.5) is 5.69 Å². The summed E-state index contributed by atoms with van der Waals surface area (Å²) in [7, 11) is 1.31. The highest BCUT2D eigenvalue weighted by molar-refractivity contribution is 6.32. The highest BCUT2D eigenvalue weighted by Gasteiger charge is 2.44. The molecule has 0 bridgehead atoms. The van der Waals surface area contributed by atoms with E-state index in [4.69, 9.17) is 21.1 Å². The van der Waals surface area contributed by atoms with E-state index in [1.807, 2.05) is 31.2 Å². The summed E-state index contributed by atoms with van der Waals surface area (Å²) in [5.41, 5.74) is 0.987. The first-order valence-electron chi connectivity index (χ1n) is 9.43. The van der Waals surface area contributed by atoms with Crippen molar-refractivity contribution in [1.82, 2.24) is 0 Å². The molecule has 0 radical (unpaired) electrons. The van der Waals surface area contributed by atoms with Gasteiger partial charge in [0.2, 0.25) is 5.91 Å². The van der Waals surface area contributed by atoms with Crippen LogP contribution in [-0.2, 0) is 14.9 Å². The number of amides is 1. The molecule has 0 unspecified atom stereocenters. The second-order valence-electron chi connectivity index (χ2n) is 6.86. The van der Waals surface area contributed by atoms with Crippen molar-refractivity contribution >= 4 is 29.2 Å². The van der Waals surface area contributed by atoms with Crippen LogP contribution in [0.5, 0.6) is 5.75 Å². The minimum Gasteiger partial charge on any atom is -0.493 e. The summed E-state index contributed by atoms with van der Waals surface area (Å²) in [6.45, 7) is 2.26. The van der Waals surface area contributed by atoms with Gasteiger partial charge >= 0.3 is 5.97 Å². The molecule has 0 spiro atoms. The molecule has 0 aromatic heterocycles. The topological polar surface area (TPSA) is 64.6 Å². The third-order valence-corrected chi connectivity index (χ3v) is 5.55. The van der Waals surface area contributed by atoms with Gasteiger partial charge in [-0.2, -0.15) is 0 Å². The molecule has 0 saturated heterocycles. The number of nitrogens with one attached hydrogen (secondary N) is 1. The van der Waals surface area contributed by atoms with Crippen molar-refractivity contribution in [2.75, 3.05) is 19.0 Å². The lowest BCUT2D eigenvalue weighted by Gasteiger charge is -2.29. The summed E-state index contributed by atoms with van der Waals surface area (Å²) < 4.78 is 10.3. The van der Waals surface area contributed by atoms with Crippen LogP contribution < -0.4 is 10.1 Å². The van der Waals surface area contributed by atoms with Gasteiger partial charge in [0, 0.05) is 10.7 Å². The summed E-state index contributed by atoms with van der Waals surface area (Å²) in [5, 5.41) is 3.58. The van der Waals surface area contributed by atoms with Crippen LogP contribution in [-0.4, -0.2) is 25.6 Å². The average Bonchev–Trinajstić information content (AvgIpc) is 3.20. The molecule has 0 heterocycles. The Labute approximate surface area is 170 Å². The molecule has 1 saturated carbocycles. The maximum atomic E-state index is 13.3. The molecular weight excluding hydrogens is 378 g/mol. The molecule has 0 atom stereocenters. The molecule has 0 aliphatic heterocycles. The molecule has 2 aromatic rings. The molecule has 28 heavy (non-hydrogen) atoms. The van der Waals surface area contributed by atoms with Crippen LogP contribution in [0.25, 0.3) is 0 Å². The van der Waals surface area contributed by atoms with Crippen molar-refractivity contribution in [2.45, 2.75) is 38.0 Å². The molecule has 1 N–H and O–H groups in total. The van der Waals surface area contributed by atoms with Crippen LogP contribution in [0, 0.1) is 0 Å². The number of rotatable bonds is 6. The van der Waals surface area contributed by atoms with E-state index in [1.165, 1.54) is 7.11 Å². The SMILES string of the molecule is CCOc1ccc(NC(=O)C2(c3ccccc3Cl)CCCC2)cc1C(=O)OC. The van der Waals surface area contributed by atoms with E-state index in [9.17, 15) is 9.59 Å². The number of halogens is 1. The normalized spacial score (nSPS) is 15.1. The Balaban J connectivity index is 1.93. The predicted octanol–water partition coefficient (Wildman–Crippen LogP) is 4.98. The number of carbonyl (C=O) groups is 2. The van der Waals surface area contributed by atoms with Gasteiger partial charge in [0.05, 0.1) is 19.1 Å². The average molecular weight is 402 g/mol. The second kappa shape index (κ2) is 8.65. The molecule has 2 aromatic carbocycles. The Kier molecular flexibility index (Phi) is 6.25. The first kappa shape index (κ1) is 20.2. The van der Waals surface area contributed by atoms with Crippen LogP contribution in [0.2, 0.25) is 5.02 Å². The van der Waals surface area contributed by atoms with Crippen molar-refractivity contribution in [3.63, 3.8) is 0 Å².